The van der Waals surface area contributed by atoms with Gasteiger partial charge in [-0.15, -0.1) is 0 Å². The van der Waals surface area contributed by atoms with Crippen LogP contribution in [0.3, 0.4) is 0 Å². The maximum atomic E-state index is 12.7. The molecule has 2 aromatic rings. The van der Waals surface area contributed by atoms with Gasteiger partial charge in [-0.05, 0) is 48.4 Å². The fraction of sp³-hybridized carbons (Fsp3) is 0.235. The molecule has 1 atom stereocenters. The molecule has 0 aliphatic carbocycles. The monoisotopic (exact) mass is 383 g/mol. The van der Waals surface area contributed by atoms with Crippen molar-refractivity contribution in [3.8, 4) is 5.75 Å². The number of rotatable bonds is 7. The van der Waals surface area contributed by atoms with E-state index in [9.17, 15) is 18.3 Å². The molecule has 0 spiro atoms. The minimum absolute atomic E-state index is 0.0135. The molecule has 0 aromatic heterocycles. The number of hydrogen-bond donors (Lipinski definition) is 1. The second-order valence-corrected chi connectivity index (χ2v) is 7.82. The van der Waals surface area contributed by atoms with Crippen molar-refractivity contribution in [1.29, 1.82) is 0 Å². The van der Waals surface area contributed by atoms with E-state index >= 15 is 0 Å². The first-order chi connectivity index (χ1) is 11.8. The van der Waals surface area contributed by atoms with E-state index in [0.717, 1.165) is 4.31 Å². The highest BCUT2D eigenvalue weighted by Gasteiger charge is 2.32. The van der Waals surface area contributed by atoms with Gasteiger partial charge in [0.25, 0.3) is 0 Å². The molecule has 0 bridgehead atoms. The van der Waals surface area contributed by atoms with Gasteiger partial charge in [0, 0.05) is 12.1 Å². The van der Waals surface area contributed by atoms with Gasteiger partial charge in [0.15, 0.2) is 0 Å². The summed E-state index contributed by atoms with van der Waals surface area (Å²) < 4.78 is 31.3. The Morgan fingerprint density at radius 1 is 1.16 bits per heavy atom. The minimum Gasteiger partial charge on any atom is -0.497 e. The maximum absolute atomic E-state index is 12.7. The summed E-state index contributed by atoms with van der Waals surface area (Å²) >= 11 is 5.77. The SMILES string of the molecule is COc1ccc(C[C@H](C(=O)O)N(C)S(=O)(=O)c2ccc(Cl)cc2)cc1. The lowest BCUT2D eigenvalue weighted by Gasteiger charge is -2.24. The molecule has 2 rings (SSSR count). The van der Waals surface area contributed by atoms with E-state index in [0.29, 0.717) is 16.3 Å². The average molecular weight is 384 g/mol. The van der Waals surface area contributed by atoms with Crippen molar-refractivity contribution < 1.29 is 23.1 Å². The second-order valence-electron chi connectivity index (χ2n) is 5.38. The number of sulfonamides is 1. The smallest absolute Gasteiger partial charge is 0.322 e. The molecule has 6 nitrogen and oxygen atoms in total. The number of benzene rings is 2. The Morgan fingerprint density at radius 2 is 1.72 bits per heavy atom. The van der Waals surface area contributed by atoms with Crippen molar-refractivity contribution in [2.75, 3.05) is 14.2 Å². The third-order valence-electron chi connectivity index (χ3n) is 3.80. The molecule has 0 radical (unpaired) electrons. The van der Waals surface area contributed by atoms with Crippen LogP contribution in [0.15, 0.2) is 53.4 Å². The molecule has 0 amide bonds. The number of likely N-dealkylation sites (N-methyl/N-ethyl adjacent to an activating group) is 1. The summed E-state index contributed by atoms with van der Waals surface area (Å²) in [5.41, 5.74) is 0.686. The van der Waals surface area contributed by atoms with Crippen LogP contribution < -0.4 is 4.74 Å². The normalized spacial score (nSPS) is 12.8. The number of carbonyl (C=O) groups is 1. The number of hydrogen-bond acceptors (Lipinski definition) is 4. The summed E-state index contributed by atoms with van der Waals surface area (Å²) in [5, 5.41) is 9.91. The molecule has 0 aliphatic heterocycles. The van der Waals surface area contributed by atoms with Crippen LogP contribution in [0.5, 0.6) is 5.75 Å². The van der Waals surface area contributed by atoms with E-state index in [-0.39, 0.29) is 11.3 Å². The summed E-state index contributed by atoms with van der Waals surface area (Å²) in [7, 11) is -1.18. The van der Waals surface area contributed by atoms with Crippen molar-refractivity contribution in [3.05, 3.63) is 59.1 Å². The summed E-state index contributed by atoms with van der Waals surface area (Å²) in [5.74, 6) is -0.589. The average Bonchev–Trinajstić information content (AvgIpc) is 2.59. The molecule has 0 saturated heterocycles. The first-order valence-electron chi connectivity index (χ1n) is 7.35. The minimum atomic E-state index is -3.96. The summed E-state index contributed by atoms with van der Waals surface area (Å²) in [6, 6.07) is 11.2. The quantitative estimate of drug-likeness (QED) is 0.794. The Balaban J connectivity index is 2.28. The predicted octanol–water partition coefficient (Wildman–Crippen LogP) is 2.67. The number of ether oxygens (including phenoxy) is 1. The Kier molecular flexibility index (Phi) is 6.05. The molecular weight excluding hydrogens is 366 g/mol. The molecule has 0 fully saturated rings. The lowest BCUT2D eigenvalue weighted by Crippen LogP contribution is -2.43. The van der Waals surface area contributed by atoms with Crippen molar-refractivity contribution in [2.24, 2.45) is 0 Å². The number of halogens is 1. The number of methoxy groups -OCH3 is 1. The number of aliphatic carboxylic acids is 1. The highest BCUT2D eigenvalue weighted by atomic mass is 35.5. The maximum Gasteiger partial charge on any atom is 0.322 e. The van der Waals surface area contributed by atoms with Crippen molar-refractivity contribution in [1.82, 2.24) is 4.31 Å². The first-order valence-corrected chi connectivity index (χ1v) is 9.17. The van der Waals surface area contributed by atoms with E-state index in [1.54, 1.807) is 24.3 Å². The second kappa shape index (κ2) is 7.86. The van der Waals surface area contributed by atoms with Gasteiger partial charge in [-0.2, -0.15) is 4.31 Å². The topological polar surface area (TPSA) is 83.9 Å². The van der Waals surface area contributed by atoms with Gasteiger partial charge in [0.2, 0.25) is 10.0 Å². The Hall–Kier alpha value is -2.09. The number of carboxylic acids is 1. The molecule has 0 saturated carbocycles. The van der Waals surface area contributed by atoms with Crippen molar-refractivity contribution in [3.63, 3.8) is 0 Å². The fourth-order valence-corrected chi connectivity index (χ4v) is 3.73. The van der Waals surface area contributed by atoms with Gasteiger partial charge in [-0.1, -0.05) is 23.7 Å². The molecule has 25 heavy (non-hydrogen) atoms. The Bertz CT molecular complexity index is 834. The number of carboxylic acid groups (broad SMARTS) is 1. The van der Waals surface area contributed by atoms with Gasteiger partial charge in [0.1, 0.15) is 11.8 Å². The fourth-order valence-electron chi connectivity index (χ4n) is 2.30. The van der Waals surface area contributed by atoms with E-state index in [2.05, 4.69) is 0 Å². The summed E-state index contributed by atoms with van der Waals surface area (Å²) in [4.78, 5) is 11.6. The Labute approximate surface area is 151 Å². The van der Waals surface area contributed by atoms with Gasteiger partial charge >= 0.3 is 5.97 Å². The summed E-state index contributed by atoms with van der Waals surface area (Å²) in [6.45, 7) is 0. The zero-order valence-electron chi connectivity index (χ0n) is 13.7. The van der Waals surface area contributed by atoms with E-state index < -0.39 is 22.0 Å². The third-order valence-corrected chi connectivity index (χ3v) is 5.94. The lowest BCUT2D eigenvalue weighted by atomic mass is 10.1. The molecule has 134 valence electrons. The van der Waals surface area contributed by atoms with Gasteiger partial charge in [-0.3, -0.25) is 4.79 Å². The van der Waals surface area contributed by atoms with E-state index in [1.165, 1.54) is 38.4 Å². The van der Waals surface area contributed by atoms with Crippen LogP contribution in [0.4, 0.5) is 0 Å². The number of nitrogens with zero attached hydrogens (tertiary/aromatic N) is 1. The van der Waals surface area contributed by atoms with Gasteiger partial charge < -0.3 is 9.84 Å². The lowest BCUT2D eigenvalue weighted by molar-refractivity contribution is -0.141. The molecule has 2 aromatic carbocycles. The van der Waals surface area contributed by atoms with E-state index in [1.807, 2.05) is 0 Å². The standard InChI is InChI=1S/C17H18ClNO5S/c1-19(25(22,23)15-9-5-13(18)6-10-15)16(17(20)21)11-12-3-7-14(24-2)8-4-12/h3-10,16H,11H2,1-2H3,(H,20,21)/t16-/m1/s1. The van der Waals surface area contributed by atoms with Crippen LogP contribution in [0.25, 0.3) is 0 Å². The van der Waals surface area contributed by atoms with Crippen molar-refractivity contribution in [2.45, 2.75) is 17.4 Å². The highest BCUT2D eigenvalue weighted by Crippen LogP contribution is 2.21. The van der Waals surface area contributed by atoms with Gasteiger partial charge in [0.05, 0.1) is 12.0 Å². The molecular formula is C17H18ClNO5S. The molecule has 1 N–H and O–H groups in total. The van der Waals surface area contributed by atoms with Gasteiger partial charge in [-0.25, -0.2) is 8.42 Å². The zero-order chi connectivity index (χ0) is 18.6. The van der Waals surface area contributed by atoms with Crippen LogP contribution in [0.2, 0.25) is 5.02 Å². The highest BCUT2D eigenvalue weighted by molar-refractivity contribution is 7.89. The molecule has 8 heteroatoms. The van der Waals surface area contributed by atoms with Crippen LogP contribution in [0.1, 0.15) is 5.56 Å². The molecule has 0 unspecified atom stereocenters. The van der Waals surface area contributed by atoms with Crippen LogP contribution in [0, 0.1) is 0 Å². The summed E-state index contributed by atoms with van der Waals surface area (Å²) in [6.07, 6.45) is 0.0304. The van der Waals surface area contributed by atoms with E-state index in [4.69, 9.17) is 16.3 Å². The van der Waals surface area contributed by atoms with Crippen LogP contribution in [-0.2, 0) is 21.2 Å². The molecule has 0 heterocycles. The van der Waals surface area contributed by atoms with Crippen LogP contribution >= 0.6 is 11.6 Å². The third kappa shape index (κ3) is 4.50. The largest absolute Gasteiger partial charge is 0.497 e. The predicted molar refractivity (Wildman–Crippen MR) is 94.5 cm³/mol. The van der Waals surface area contributed by atoms with Crippen molar-refractivity contribution >= 4 is 27.6 Å². The molecule has 0 aliphatic rings. The zero-order valence-corrected chi connectivity index (χ0v) is 15.3. The van der Waals surface area contributed by atoms with Crippen LogP contribution in [-0.4, -0.2) is 44.0 Å². The Morgan fingerprint density at radius 3 is 2.20 bits per heavy atom. The first kappa shape index (κ1) is 19.2.